The van der Waals surface area contributed by atoms with Gasteiger partial charge < -0.3 is 0 Å². The number of benzene rings is 1. The van der Waals surface area contributed by atoms with E-state index in [4.69, 9.17) is 0 Å². The smallest absolute Gasteiger partial charge is 0.186 e. The zero-order valence-electron chi connectivity index (χ0n) is 9.57. The fraction of sp³-hybridized carbons (Fsp3) is 0.400. The number of carbonyl (C=O) groups excluding carboxylic acids is 1. The zero-order chi connectivity index (χ0) is 11.1. The van der Waals surface area contributed by atoms with Crippen molar-refractivity contribution in [1.29, 1.82) is 0 Å². The molecule has 2 aliphatic rings. The van der Waals surface area contributed by atoms with Crippen LogP contribution in [0.2, 0.25) is 0 Å². The molecule has 16 heavy (non-hydrogen) atoms. The normalized spacial score (nSPS) is 28.1. The summed E-state index contributed by atoms with van der Waals surface area (Å²) in [7, 11) is 0. The van der Waals surface area contributed by atoms with E-state index in [0.29, 0.717) is 5.92 Å². The van der Waals surface area contributed by atoms with Gasteiger partial charge in [0.25, 0.3) is 0 Å². The molecule has 0 bridgehead atoms. The molecule has 1 fully saturated rings. The van der Waals surface area contributed by atoms with Gasteiger partial charge in [0.1, 0.15) is 0 Å². The van der Waals surface area contributed by atoms with Crippen molar-refractivity contribution >= 4 is 11.4 Å². The number of carbonyl (C=O) groups is 1. The maximum absolute atomic E-state index is 11.9. The number of hydrogen-bond donors (Lipinski definition) is 0. The second-order valence-corrected chi connectivity index (χ2v) is 5.02. The Balaban J connectivity index is 2.04. The molecule has 1 nitrogen and oxygen atoms in total. The van der Waals surface area contributed by atoms with Crippen LogP contribution in [0.5, 0.6) is 0 Å². The Morgan fingerprint density at radius 3 is 2.56 bits per heavy atom. The number of ketones is 1. The Hall–Kier alpha value is -1.37. The molecule has 82 valence electrons. The molecular formula is C15H16O. The van der Waals surface area contributed by atoms with E-state index in [1.165, 1.54) is 30.4 Å². The highest BCUT2D eigenvalue weighted by Gasteiger charge is 2.32. The Bertz CT molecular complexity index is 470. The van der Waals surface area contributed by atoms with Crippen molar-refractivity contribution in [2.75, 3.05) is 0 Å². The van der Waals surface area contributed by atoms with Crippen LogP contribution in [0.4, 0.5) is 0 Å². The molecule has 1 saturated carbocycles. The molecule has 0 amide bonds. The Kier molecular flexibility index (Phi) is 2.20. The van der Waals surface area contributed by atoms with Gasteiger partial charge in [-0.15, -0.1) is 0 Å². The fourth-order valence-electron chi connectivity index (χ4n) is 3.16. The summed E-state index contributed by atoms with van der Waals surface area (Å²) in [5, 5.41) is 0. The van der Waals surface area contributed by atoms with Gasteiger partial charge in [-0.05, 0) is 35.5 Å². The number of rotatable bonds is 1. The van der Waals surface area contributed by atoms with E-state index in [2.05, 4.69) is 13.0 Å². The largest absolute Gasteiger partial charge is 0.289 e. The lowest BCUT2D eigenvalue weighted by Gasteiger charge is -2.17. The summed E-state index contributed by atoms with van der Waals surface area (Å²) in [5.74, 6) is 1.53. The summed E-state index contributed by atoms with van der Waals surface area (Å²) in [6.45, 7) is 2.31. The Labute approximate surface area is 96.2 Å². The molecule has 1 heteroatoms. The Morgan fingerprint density at radius 2 is 1.88 bits per heavy atom. The first-order valence-corrected chi connectivity index (χ1v) is 6.12. The van der Waals surface area contributed by atoms with E-state index >= 15 is 0 Å². The van der Waals surface area contributed by atoms with Gasteiger partial charge in [-0.25, -0.2) is 0 Å². The van der Waals surface area contributed by atoms with Crippen molar-refractivity contribution in [3.63, 3.8) is 0 Å². The lowest BCUT2D eigenvalue weighted by atomic mass is 9.87. The molecule has 0 aliphatic heterocycles. The molecule has 0 N–H and O–H groups in total. The van der Waals surface area contributed by atoms with Crippen LogP contribution in [0.3, 0.4) is 0 Å². The third-order valence-electron chi connectivity index (χ3n) is 4.05. The molecule has 0 aromatic heterocycles. The molecular weight excluding hydrogens is 196 g/mol. The van der Waals surface area contributed by atoms with Crippen LogP contribution in [-0.4, -0.2) is 5.78 Å². The first-order chi connectivity index (χ1) is 7.77. The van der Waals surface area contributed by atoms with Crippen molar-refractivity contribution in [1.82, 2.24) is 0 Å². The van der Waals surface area contributed by atoms with Crippen LogP contribution in [0.1, 0.15) is 42.1 Å². The summed E-state index contributed by atoms with van der Waals surface area (Å²) >= 11 is 0. The maximum Gasteiger partial charge on any atom is 0.186 e. The first kappa shape index (κ1) is 9.83. The second-order valence-electron chi connectivity index (χ2n) is 5.02. The van der Waals surface area contributed by atoms with Crippen LogP contribution >= 0.6 is 0 Å². The van der Waals surface area contributed by atoms with Crippen molar-refractivity contribution < 1.29 is 4.79 Å². The van der Waals surface area contributed by atoms with E-state index in [-0.39, 0.29) is 5.78 Å². The highest BCUT2D eigenvalue weighted by atomic mass is 16.1. The van der Waals surface area contributed by atoms with Gasteiger partial charge in [0.05, 0.1) is 0 Å². The molecule has 2 atom stereocenters. The molecule has 3 rings (SSSR count). The summed E-state index contributed by atoms with van der Waals surface area (Å²) in [5.41, 5.74) is 3.38. The molecule has 0 spiro atoms. The fourth-order valence-corrected chi connectivity index (χ4v) is 3.16. The van der Waals surface area contributed by atoms with E-state index in [9.17, 15) is 4.79 Å². The number of fused-ring (bicyclic) bond motifs is 1. The minimum atomic E-state index is 0.199. The lowest BCUT2D eigenvalue weighted by Crippen LogP contribution is -2.05. The average molecular weight is 212 g/mol. The van der Waals surface area contributed by atoms with Gasteiger partial charge in [0.15, 0.2) is 5.78 Å². The number of allylic oxidation sites excluding steroid dienone is 2. The van der Waals surface area contributed by atoms with Crippen LogP contribution in [-0.2, 0) is 0 Å². The van der Waals surface area contributed by atoms with E-state index < -0.39 is 0 Å². The molecule has 0 unspecified atom stereocenters. The summed E-state index contributed by atoms with van der Waals surface area (Å²) < 4.78 is 0. The van der Waals surface area contributed by atoms with E-state index in [0.717, 1.165) is 11.5 Å². The molecule has 1 aromatic rings. The number of hydrogen-bond acceptors (Lipinski definition) is 1. The van der Waals surface area contributed by atoms with E-state index in [1.807, 2.05) is 24.3 Å². The SMILES string of the molecule is C[C@@H]1CCC[C@@H]1C1=CC(=O)c2ccccc21. The van der Waals surface area contributed by atoms with Gasteiger partial charge >= 0.3 is 0 Å². The first-order valence-electron chi connectivity index (χ1n) is 6.12. The second kappa shape index (κ2) is 3.58. The van der Waals surface area contributed by atoms with Crippen molar-refractivity contribution in [3.05, 3.63) is 41.5 Å². The summed E-state index contributed by atoms with van der Waals surface area (Å²) in [4.78, 5) is 11.9. The van der Waals surface area contributed by atoms with Gasteiger partial charge in [-0.3, -0.25) is 4.79 Å². The molecule has 0 saturated heterocycles. The third kappa shape index (κ3) is 1.35. The van der Waals surface area contributed by atoms with Crippen LogP contribution in [0, 0.1) is 11.8 Å². The van der Waals surface area contributed by atoms with Gasteiger partial charge in [0.2, 0.25) is 0 Å². The Morgan fingerprint density at radius 1 is 1.12 bits per heavy atom. The predicted octanol–water partition coefficient (Wildman–Crippen LogP) is 3.70. The minimum absolute atomic E-state index is 0.199. The van der Waals surface area contributed by atoms with Crippen molar-refractivity contribution in [3.8, 4) is 0 Å². The maximum atomic E-state index is 11.9. The van der Waals surface area contributed by atoms with E-state index in [1.54, 1.807) is 0 Å². The quantitative estimate of drug-likeness (QED) is 0.693. The highest BCUT2D eigenvalue weighted by Crippen LogP contribution is 2.43. The van der Waals surface area contributed by atoms with Crippen LogP contribution in [0.25, 0.3) is 5.57 Å². The lowest BCUT2D eigenvalue weighted by molar-refractivity contribution is 0.105. The average Bonchev–Trinajstić information content (AvgIpc) is 2.84. The van der Waals surface area contributed by atoms with Crippen LogP contribution in [0.15, 0.2) is 30.3 Å². The van der Waals surface area contributed by atoms with Gasteiger partial charge in [-0.1, -0.05) is 44.0 Å². The molecule has 2 aliphatic carbocycles. The summed E-state index contributed by atoms with van der Waals surface area (Å²) in [6.07, 6.45) is 5.73. The standard InChI is InChI=1S/C15H16O/c1-10-5-4-8-11(10)14-9-15(16)13-7-3-2-6-12(13)14/h2-3,6-7,9-11H,4-5,8H2,1H3/t10-,11+/m1/s1. The topological polar surface area (TPSA) is 17.1 Å². The molecule has 0 radical (unpaired) electrons. The van der Waals surface area contributed by atoms with Crippen molar-refractivity contribution in [2.24, 2.45) is 11.8 Å². The minimum Gasteiger partial charge on any atom is -0.289 e. The zero-order valence-corrected chi connectivity index (χ0v) is 9.57. The highest BCUT2D eigenvalue weighted by molar-refractivity contribution is 6.16. The third-order valence-corrected chi connectivity index (χ3v) is 4.05. The molecule has 1 aromatic carbocycles. The van der Waals surface area contributed by atoms with Crippen molar-refractivity contribution in [2.45, 2.75) is 26.2 Å². The van der Waals surface area contributed by atoms with Crippen LogP contribution < -0.4 is 0 Å². The summed E-state index contributed by atoms with van der Waals surface area (Å²) in [6, 6.07) is 8.02. The monoisotopic (exact) mass is 212 g/mol. The van der Waals surface area contributed by atoms with Gasteiger partial charge in [-0.2, -0.15) is 0 Å². The van der Waals surface area contributed by atoms with Gasteiger partial charge in [0, 0.05) is 5.56 Å². The molecule has 0 heterocycles. The predicted molar refractivity (Wildman–Crippen MR) is 65.3 cm³/mol.